The molecule has 1 aromatic carbocycles. The highest BCUT2D eigenvalue weighted by atomic mass is 16.5. The van der Waals surface area contributed by atoms with Crippen LogP contribution in [0.15, 0.2) is 48.7 Å². The fraction of sp³-hybridized carbons (Fsp3) is 0.143. The molecular formula is C14H15N3O2. The summed E-state index contributed by atoms with van der Waals surface area (Å²) in [7, 11) is 1.64. The number of aromatic nitrogens is 1. The van der Waals surface area contributed by atoms with Gasteiger partial charge in [-0.25, -0.2) is 4.98 Å². The van der Waals surface area contributed by atoms with E-state index in [0.29, 0.717) is 17.3 Å². The van der Waals surface area contributed by atoms with Crippen molar-refractivity contribution in [2.75, 3.05) is 24.3 Å². The van der Waals surface area contributed by atoms with Gasteiger partial charge in [0.25, 0.3) is 5.91 Å². The molecule has 0 saturated heterocycles. The van der Waals surface area contributed by atoms with Crippen LogP contribution >= 0.6 is 0 Å². The molecule has 5 nitrogen and oxygen atoms in total. The third-order valence-electron chi connectivity index (χ3n) is 2.59. The summed E-state index contributed by atoms with van der Waals surface area (Å²) < 4.78 is 5.39. The van der Waals surface area contributed by atoms with Gasteiger partial charge in [-0.3, -0.25) is 9.69 Å². The maximum atomic E-state index is 11.9. The zero-order valence-electron chi connectivity index (χ0n) is 10.6. The molecule has 0 atom stereocenters. The van der Waals surface area contributed by atoms with Crippen LogP contribution in [0.1, 0.15) is 0 Å². The summed E-state index contributed by atoms with van der Waals surface area (Å²) in [4.78, 5) is 17.4. The van der Waals surface area contributed by atoms with Crippen LogP contribution in [0, 0.1) is 0 Å². The van der Waals surface area contributed by atoms with Gasteiger partial charge >= 0.3 is 0 Å². The number of para-hydroxylation sites is 1. The van der Waals surface area contributed by atoms with Crippen LogP contribution < -0.4 is 15.4 Å². The van der Waals surface area contributed by atoms with Crippen molar-refractivity contribution < 1.29 is 9.53 Å². The van der Waals surface area contributed by atoms with Crippen LogP contribution in [-0.4, -0.2) is 24.5 Å². The molecule has 0 aliphatic carbocycles. The first-order valence-electron chi connectivity index (χ1n) is 5.83. The summed E-state index contributed by atoms with van der Waals surface area (Å²) >= 11 is 0. The number of amides is 1. The number of carbonyl (C=O) groups excluding carboxylic acids is 1. The summed E-state index contributed by atoms with van der Waals surface area (Å²) in [6, 6.07) is 12.5. The predicted octanol–water partition coefficient (Wildman–Crippen LogP) is 1.71. The van der Waals surface area contributed by atoms with Crippen molar-refractivity contribution in [2.24, 2.45) is 0 Å². The van der Waals surface area contributed by atoms with E-state index in [1.165, 1.54) is 4.90 Å². The van der Waals surface area contributed by atoms with Gasteiger partial charge in [0.05, 0.1) is 0 Å². The number of nitrogens with two attached hydrogens (primary N) is 1. The van der Waals surface area contributed by atoms with E-state index < -0.39 is 0 Å². The number of nitrogen functional groups attached to an aromatic ring is 1. The number of rotatable bonds is 4. The van der Waals surface area contributed by atoms with Crippen LogP contribution in [0.3, 0.4) is 0 Å². The van der Waals surface area contributed by atoms with Gasteiger partial charge in [-0.2, -0.15) is 0 Å². The minimum atomic E-state index is -0.193. The molecule has 2 aromatic rings. The van der Waals surface area contributed by atoms with E-state index in [2.05, 4.69) is 4.98 Å². The number of hydrogen-bond acceptors (Lipinski definition) is 4. The molecule has 0 radical (unpaired) electrons. The summed E-state index contributed by atoms with van der Waals surface area (Å²) in [5.74, 6) is 0.966. The number of benzene rings is 1. The Balaban J connectivity index is 1.96. The largest absolute Gasteiger partial charge is 0.484 e. The Hall–Kier alpha value is -2.56. The predicted molar refractivity (Wildman–Crippen MR) is 74.0 cm³/mol. The molecule has 1 amide bonds. The molecule has 1 heterocycles. The van der Waals surface area contributed by atoms with Crippen molar-refractivity contribution in [1.29, 1.82) is 0 Å². The van der Waals surface area contributed by atoms with Crippen molar-refractivity contribution in [1.82, 2.24) is 4.98 Å². The Bertz CT molecular complexity index is 558. The second kappa shape index (κ2) is 5.86. The fourth-order valence-corrected chi connectivity index (χ4v) is 1.50. The SMILES string of the molecule is CN(C(=O)COc1ccccc1)c1cc(N)ccn1. The van der Waals surface area contributed by atoms with Gasteiger partial charge < -0.3 is 10.5 Å². The molecule has 0 unspecified atom stereocenters. The maximum Gasteiger partial charge on any atom is 0.265 e. The highest BCUT2D eigenvalue weighted by Gasteiger charge is 2.12. The molecule has 0 aliphatic heterocycles. The van der Waals surface area contributed by atoms with E-state index in [0.717, 1.165) is 0 Å². The molecule has 0 fully saturated rings. The monoisotopic (exact) mass is 257 g/mol. The quantitative estimate of drug-likeness (QED) is 0.905. The van der Waals surface area contributed by atoms with Crippen LogP contribution in [0.5, 0.6) is 5.75 Å². The third kappa shape index (κ3) is 3.45. The van der Waals surface area contributed by atoms with Gasteiger partial charge in [-0.05, 0) is 18.2 Å². The molecule has 98 valence electrons. The van der Waals surface area contributed by atoms with Gasteiger partial charge in [-0.1, -0.05) is 18.2 Å². The highest BCUT2D eigenvalue weighted by molar-refractivity contribution is 5.93. The fourth-order valence-electron chi connectivity index (χ4n) is 1.50. The zero-order chi connectivity index (χ0) is 13.7. The van der Waals surface area contributed by atoms with Crippen molar-refractivity contribution in [3.8, 4) is 5.75 Å². The maximum absolute atomic E-state index is 11.9. The Morgan fingerprint density at radius 2 is 2.05 bits per heavy atom. The van der Waals surface area contributed by atoms with Crippen LogP contribution in [0.2, 0.25) is 0 Å². The minimum absolute atomic E-state index is 0.0447. The van der Waals surface area contributed by atoms with Crippen molar-refractivity contribution >= 4 is 17.4 Å². The number of nitrogens with zero attached hydrogens (tertiary/aromatic N) is 2. The van der Waals surface area contributed by atoms with E-state index in [1.54, 1.807) is 37.5 Å². The molecule has 5 heteroatoms. The van der Waals surface area contributed by atoms with E-state index in [1.807, 2.05) is 18.2 Å². The first-order valence-corrected chi connectivity index (χ1v) is 5.83. The lowest BCUT2D eigenvalue weighted by molar-refractivity contribution is -0.120. The van der Waals surface area contributed by atoms with Crippen molar-refractivity contribution in [2.45, 2.75) is 0 Å². The smallest absolute Gasteiger partial charge is 0.265 e. The minimum Gasteiger partial charge on any atom is -0.484 e. The third-order valence-corrected chi connectivity index (χ3v) is 2.59. The standard InChI is InChI=1S/C14H15N3O2/c1-17(13-9-11(15)7-8-16-13)14(18)10-19-12-5-3-2-4-6-12/h2-9H,10H2,1H3,(H2,15,16). The number of pyridine rings is 1. The van der Waals surface area contributed by atoms with E-state index in [4.69, 9.17) is 10.5 Å². The Morgan fingerprint density at radius 1 is 1.32 bits per heavy atom. The summed E-state index contributed by atoms with van der Waals surface area (Å²) in [5.41, 5.74) is 6.22. The first kappa shape index (κ1) is 12.9. The molecule has 0 spiro atoms. The van der Waals surface area contributed by atoms with Crippen LogP contribution in [-0.2, 0) is 4.79 Å². The van der Waals surface area contributed by atoms with Crippen molar-refractivity contribution in [3.05, 3.63) is 48.7 Å². The van der Waals surface area contributed by atoms with Gasteiger partial charge in [-0.15, -0.1) is 0 Å². The number of carbonyl (C=O) groups is 1. The second-order valence-corrected chi connectivity index (χ2v) is 4.00. The van der Waals surface area contributed by atoms with Crippen molar-refractivity contribution in [3.63, 3.8) is 0 Å². The Labute approximate surface area is 111 Å². The molecule has 0 bridgehead atoms. The lowest BCUT2D eigenvalue weighted by Crippen LogP contribution is -2.31. The van der Waals surface area contributed by atoms with Gasteiger partial charge in [0.2, 0.25) is 0 Å². The average molecular weight is 257 g/mol. The lowest BCUT2D eigenvalue weighted by atomic mass is 10.3. The number of ether oxygens (including phenoxy) is 1. The molecule has 2 rings (SSSR count). The number of likely N-dealkylation sites (N-methyl/N-ethyl adjacent to an activating group) is 1. The molecule has 0 saturated carbocycles. The second-order valence-electron chi connectivity index (χ2n) is 4.00. The van der Waals surface area contributed by atoms with E-state index in [9.17, 15) is 4.79 Å². The lowest BCUT2D eigenvalue weighted by Gasteiger charge is -2.16. The summed E-state index contributed by atoms with van der Waals surface area (Å²) in [6.45, 7) is -0.0447. The molecule has 1 aromatic heterocycles. The molecule has 2 N–H and O–H groups in total. The number of hydrogen-bond donors (Lipinski definition) is 1. The van der Waals surface area contributed by atoms with Crippen LogP contribution in [0.25, 0.3) is 0 Å². The molecular weight excluding hydrogens is 242 g/mol. The normalized spacial score (nSPS) is 9.95. The topological polar surface area (TPSA) is 68.5 Å². The Morgan fingerprint density at radius 3 is 2.74 bits per heavy atom. The van der Waals surface area contributed by atoms with E-state index in [-0.39, 0.29) is 12.5 Å². The van der Waals surface area contributed by atoms with Gasteiger partial charge in [0, 0.05) is 25.0 Å². The molecule has 0 aliphatic rings. The zero-order valence-corrected chi connectivity index (χ0v) is 10.6. The summed E-state index contributed by atoms with van der Waals surface area (Å²) in [5, 5.41) is 0. The highest BCUT2D eigenvalue weighted by Crippen LogP contribution is 2.13. The Kier molecular flexibility index (Phi) is 3.97. The average Bonchev–Trinajstić information content (AvgIpc) is 2.45. The van der Waals surface area contributed by atoms with Crippen LogP contribution in [0.4, 0.5) is 11.5 Å². The van der Waals surface area contributed by atoms with Gasteiger partial charge in [0.1, 0.15) is 11.6 Å². The summed E-state index contributed by atoms with van der Waals surface area (Å²) in [6.07, 6.45) is 1.56. The molecule has 19 heavy (non-hydrogen) atoms. The van der Waals surface area contributed by atoms with E-state index >= 15 is 0 Å². The number of anilines is 2. The first-order chi connectivity index (χ1) is 9.16. The van der Waals surface area contributed by atoms with Gasteiger partial charge in [0.15, 0.2) is 6.61 Å².